The van der Waals surface area contributed by atoms with Crippen LogP contribution in [0.2, 0.25) is 0 Å². The number of allylic oxidation sites excluding steroid dienone is 2. The van der Waals surface area contributed by atoms with E-state index >= 15 is 0 Å². The normalized spacial score (nSPS) is 35.2. The van der Waals surface area contributed by atoms with Crippen molar-refractivity contribution in [3.63, 3.8) is 0 Å². The first-order valence-electron chi connectivity index (χ1n) is 13.8. The fourth-order valence-corrected chi connectivity index (χ4v) is 8.52. The third-order valence-corrected chi connectivity index (χ3v) is 10.5. The van der Waals surface area contributed by atoms with Gasteiger partial charge in [0.2, 0.25) is 11.8 Å². The predicted octanol–water partition coefficient (Wildman–Crippen LogP) is 6.15. The van der Waals surface area contributed by atoms with Crippen LogP contribution in [-0.4, -0.2) is 11.8 Å². The quantitative estimate of drug-likeness (QED) is 0.549. The highest BCUT2D eigenvalue weighted by Crippen LogP contribution is 2.65. The van der Waals surface area contributed by atoms with Gasteiger partial charge in [-0.25, -0.2) is 0 Å². The van der Waals surface area contributed by atoms with Crippen molar-refractivity contribution in [2.24, 2.45) is 34.5 Å². The molecule has 0 bridgehead atoms. The number of carbonyl (C=O) groups is 2. The van der Waals surface area contributed by atoms with E-state index in [0.29, 0.717) is 24.2 Å². The summed E-state index contributed by atoms with van der Waals surface area (Å²) in [6.45, 7) is 4.77. The zero-order valence-corrected chi connectivity index (χ0v) is 21.5. The number of rotatable bonds is 4. The van der Waals surface area contributed by atoms with Crippen LogP contribution in [-0.2, 0) is 9.59 Å². The van der Waals surface area contributed by atoms with Gasteiger partial charge in [0.05, 0.1) is 6.04 Å². The van der Waals surface area contributed by atoms with Crippen LogP contribution in [0, 0.1) is 34.5 Å². The van der Waals surface area contributed by atoms with E-state index < -0.39 is 0 Å². The minimum Gasteiger partial charge on any atom is -0.345 e. The molecule has 1 saturated heterocycles. The maximum atomic E-state index is 14.0. The Kier molecular flexibility index (Phi) is 5.81. The van der Waals surface area contributed by atoms with Crippen molar-refractivity contribution in [3.05, 3.63) is 83.6 Å². The van der Waals surface area contributed by atoms with E-state index in [9.17, 15) is 9.59 Å². The van der Waals surface area contributed by atoms with Gasteiger partial charge in [0.15, 0.2) is 0 Å². The molecule has 6 rings (SSSR count). The molecule has 3 aliphatic carbocycles. The SMILES string of the molecule is C[C@]12CCC(=O)NC1=CC[C@@H]1[C@H]2CC[C@]2(C)C(C(=O)NC(c3ccccc3)c3ccccc3)CC[C@@H]12. The van der Waals surface area contributed by atoms with E-state index in [4.69, 9.17) is 0 Å². The van der Waals surface area contributed by atoms with Gasteiger partial charge in [-0.05, 0) is 72.8 Å². The van der Waals surface area contributed by atoms with Gasteiger partial charge in [-0.15, -0.1) is 0 Å². The molecule has 4 aliphatic rings. The van der Waals surface area contributed by atoms with Crippen LogP contribution in [0.4, 0.5) is 0 Å². The molecule has 3 fully saturated rings. The summed E-state index contributed by atoms with van der Waals surface area (Å²) >= 11 is 0. The van der Waals surface area contributed by atoms with Crippen LogP contribution in [0.25, 0.3) is 0 Å². The molecule has 188 valence electrons. The van der Waals surface area contributed by atoms with Crippen molar-refractivity contribution in [3.8, 4) is 0 Å². The van der Waals surface area contributed by atoms with E-state index in [-0.39, 0.29) is 34.6 Å². The topological polar surface area (TPSA) is 58.2 Å². The fraction of sp³-hybridized carbons (Fsp3) is 0.500. The van der Waals surface area contributed by atoms with Crippen molar-refractivity contribution in [2.45, 2.75) is 64.8 Å². The molecule has 1 aliphatic heterocycles. The van der Waals surface area contributed by atoms with Gasteiger partial charge in [0.1, 0.15) is 0 Å². The van der Waals surface area contributed by atoms with Gasteiger partial charge in [0, 0.05) is 23.5 Å². The summed E-state index contributed by atoms with van der Waals surface area (Å²) in [5, 5.41) is 6.68. The van der Waals surface area contributed by atoms with Crippen LogP contribution >= 0.6 is 0 Å². The molecule has 2 N–H and O–H groups in total. The molecule has 6 atom stereocenters. The summed E-state index contributed by atoms with van der Waals surface area (Å²) in [6, 6.07) is 20.5. The second kappa shape index (κ2) is 8.90. The first-order valence-corrected chi connectivity index (χ1v) is 13.8. The molecule has 1 heterocycles. The van der Waals surface area contributed by atoms with Crippen LogP contribution in [0.5, 0.6) is 0 Å². The molecule has 4 heteroatoms. The van der Waals surface area contributed by atoms with Gasteiger partial charge >= 0.3 is 0 Å². The molecule has 1 unspecified atom stereocenters. The Morgan fingerprint density at radius 2 is 1.58 bits per heavy atom. The number of fused-ring (bicyclic) bond motifs is 5. The fourth-order valence-electron chi connectivity index (χ4n) is 8.52. The number of hydrogen-bond acceptors (Lipinski definition) is 2. The highest BCUT2D eigenvalue weighted by Gasteiger charge is 2.60. The molecular weight excluding hydrogens is 444 g/mol. The minimum absolute atomic E-state index is 0.0305. The number of nitrogens with one attached hydrogen (secondary N) is 2. The lowest BCUT2D eigenvalue weighted by Crippen LogP contribution is -2.54. The first-order chi connectivity index (χ1) is 17.4. The Morgan fingerprint density at radius 3 is 2.25 bits per heavy atom. The maximum Gasteiger partial charge on any atom is 0.224 e. The summed E-state index contributed by atoms with van der Waals surface area (Å²) in [4.78, 5) is 26.0. The number of amides is 2. The zero-order chi connectivity index (χ0) is 24.9. The zero-order valence-electron chi connectivity index (χ0n) is 21.5. The van der Waals surface area contributed by atoms with Gasteiger partial charge in [-0.1, -0.05) is 80.6 Å². The third kappa shape index (κ3) is 3.72. The van der Waals surface area contributed by atoms with E-state index in [1.165, 1.54) is 5.70 Å². The number of piperidine rings is 1. The molecule has 2 amide bonds. The van der Waals surface area contributed by atoms with Crippen molar-refractivity contribution in [1.29, 1.82) is 0 Å². The first kappa shape index (κ1) is 23.5. The Bertz CT molecular complexity index is 1140. The van der Waals surface area contributed by atoms with Crippen molar-refractivity contribution >= 4 is 11.8 Å². The average molecular weight is 483 g/mol. The van der Waals surface area contributed by atoms with Crippen LogP contribution < -0.4 is 10.6 Å². The molecule has 0 aromatic heterocycles. The summed E-state index contributed by atoms with van der Waals surface area (Å²) in [5.74, 6) is 2.18. The van der Waals surface area contributed by atoms with Gasteiger partial charge in [-0.3, -0.25) is 9.59 Å². The monoisotopic (exact) mass is 482 g/mol. The number of benzene rings is 2. The molecule has 0 spiro atoms. The summed E-state index contributed by atoms with van der Waals surface area (Å²) in [6.07, 6.45) is 9.26. The second-order valence-corrected chi connectivity index (χ2v) is 12.1. The number of carbonyl (C=O) groups excluding carboxylic acids is 2. The lowest BCUT2D eigenvalue weighted by Gasteiger charge is -2.57. The molecule has 36 heavy (non-hydrogen) atoms. The van der Waals surface area contributed by atoms with E-state index in [1.807, 2.05) is 36.4 Å². The van der Waals surface area contributed by atoms with E-state index in [0.717, 1.165) is 49.7 Å². The Labute approximate surface area is 214 Å². The molecular formula is C32H38N2O2. The van der Waals surface area contributed by atoms with E-state index in [1.54, 1.807) is 0 Å². The Morgan fingerprint density at radius 1 is 0.917 bits per heavy atom. The van der Waals surface area contributed by atoms with Gasteiger partial charge in [-0.2, -0.15) is 0 Å². The van der Waals surface area contributed by atoms with Crippen LogP contribution in [0.15, 0.2) is 72.4 Å². The highest BCUT2D eigenvalue weighted by atomic mass is 16.2. The van der Waals surface area contributed by atoms with Crippen LogP contribution in [0.1, 0.15) is 76.0 Å². The minimum atomic E-state index is -0.135. The highest BCUT2D eigenvalue weighted by molar-refractivity contribution is 5.81. The lowest BCUT2D eigenvalue weighted by atomic mass is 9.49. The van der Waals surface area contributed by atoms with Crippen LogP contribution in [0.3, 0.4) is 0 Å². The van der Waals surface area contributed by atoms with Crippen molar-refractivity contribution < 1.29 is 9.59 Å². The second-order valence-electron chi connectivity index (χ2n) is 12.1. The third-order valence-electron chi connectivity index (χ3n) is 10.5. The predicted molar refractivity (Wildman–Crippen MR) is 142 cm³/mol. The molecule has 0 radical (unpaired) electrons. The molecule has 2 saturated carbocycles. The smallest absolute Gasteiger partial charge is 0.224 e. The Balaban J connectivity index is 1.25. The molecule has 2 aromatic rings. The number of hydrogen-bond donors (Lipinski definition) is 2. The van der Waals surface area contributed by atoms with E-state index in [2.05, 4.69) is 54.8 Å². The Hall–Kier alpha value is -2.88. The summed E-state index contributed by atoms with van der Waals surface area (Å²) < 4.78 is 0. The maximum absolute atomic E-state index is 14.0. The molecule has 4 nitrogen and oxygen atoms in total. The van der Waals surface area contributed by atoms with Crippen molar-refractivity contribution in [2.75, 3.05) is 0 Å². The lowest BCUT2D eigenvalue weighted by molar-refractivity contribution is -0.133. The van der Waals surface area contributed by atoms with Gasteiger partial charge in [0.25, 0.3) is 0 Å². The standard InChI is InChI=1S/C32H38N2O2/c1-31-19-17-25-23(13-16-27-32(25,2)20-18-28(35)33-27)24(31)14-15-26(31)30(36)34-29(21-9-5-3-6-10-21)22-11-7-4-8-12-22/h3-12,16,23-26,29H,13-15,17-20H2,1-2H3,(H,33,35)(H,34,36)/t23-,24-,25+,26?,31-,32+/m0/s1. The summed E-state index contributed by atoms with van der Waals surface area (Å²) in [5.41, 5.74) is 3.52. The van der Waals surface area contributed by atoms with Gasteiger partial charge < -0.3 is 10.6 Å². The summed E-state index contributed by atoms with van der Waals surface area (Å²) in [7, 11) is 0. The van der Waals surface area contributed by atoms with Crippen molar-refractivity contribution in [1.82, 2.24) is 10.6 Å². The largest absolute Gasteiger partial charge is 0.345 e. The molecule has 2 aromatic carbocycles. The average Bonchev–Trinajstić information content (AvgIpc) is 3.26.